The van der Waals surface area contributed by atoms with Gasteiger partial charge in [-0.2, -0.15) is 13.2 Å². The molecule has 124 valence electrons. The van der Waals surface area contributed by atoms with E-state index in [-0.39, 0.29) is 5.41 Å². The molecule has 0 saturated heterocycles. The van der Waals surface area contributed by atoms with Gasteiger partial charge >= 0.3 is 12.1 Å². The number of ether oxygens (including phenoxy) is 2. The van der Waals surface area contributed by atoms with Crippen LogP contribution in [-0.2, 0) is 14.3 Å². The van der Waals surface area contributed by atoms with E-state index in [4.69, 9.17) is 4.74 Å². The second-order valence-corrected chi connectivity index (χ2v) is 7.58. The first-order valence-electron chi connectivity index (χ1n) is 7.01. The fraction of sp³-hybridized carbons (Fsp3) is 0.667. The molecule has 0 saturated carbocycles. The molecule has 0 aromatic rings. The quantitative estimate of drug-likeness (QED) is 0.511. The number of esters is 1. The van der Waals surface area contributed by atoms with E-state index < -0.39 is 22.8 Å². The average molecular weight is 336 g/mol. The van der Waals surface area contributed by atoms with Crippen molar-refractivity contribution in [2.75, 3.05) is 7.11 Å². The van der Waals surface area contributed by atoms with Crippen LogP contribution in [0.3, 0.4) is 0 Å². The summed E-state index contributed by atoms with van der Waals surface area (Å²) < 4.78 is 48.8. The number of hydrogen-bond acceptors (Lipinski definition) is 4. The highest BCUT2D eigenvalue weighted by molar-refractivity contribution is 8.06. The van der Waals surface area contributed by atoms with Gasteiger partial charge in [0, 0.05) is 11.3 Å². The first-order valence-corrected chi connectivity index (χ1v) is 7.83. The van der Waals surface area contributed by atoms with Crippen LogP contribution in [0.25, 0.3) is 0 Å². The third kappa shape index (κ3) is 3.45. The minimum Gasteiger partial charge on any atom is -0.465 e. The van der Waals surface area contributed by atoms with Crippen LogP contribution >= 0.6 is 11.8 Å². The second-order valence-electron chi connectivity index (χ2n) is 6.51. The topological polar surface area (TPSA) is 35.5 Å². The number of halogens is 3. The van der Waals surface area contributed by atoms with Crippen LogP contribution in [0.1, 0.15) is 40.0 Å². The normalized spacial score (nSPS) is 24.8. The van der Waals surface area contributed by atoms with Gasteiger partial charge in [-0.15, -0.1) is 0 Å². The molecule has 0 aromatic heterocycles. The van der Waals surface area contributed by atoms with Gasteiger partial charge in [0.25, 0.3) is 0 Å². The molecule has 7 heteroatoms. The summed E-state index contributed by atoms with van der Waals surface area (Å²) in [5.41, 5.74) is -1.28. The van der Waals surface area contributed by atoms with Crippen molar-refractivity contribution in [2.24, 2.45) is 11.3 Å². The van der Waals surface area contributed by atoms with Crippen molar-refractivity contribution in [1.82, 2.24) is 0 Å². The first kappa shape index (κ1) is 17.2. The minimum atomic E-state index is -4.80. The van der Waals surface area contributed by atoms with Crippen LogP contribution in [-0.4, -0.2) is 19.3 Å². The van der Waals surface area contributed by atoms with E-state index in [0.717, 1.165) is 30.2 Å². The molecule has 2 aliphatic rings. The Balaban J connectivity index is 2.27. The molecule has 1 heterocycles. The number of hydrogen-bond donors (Lipinski definition) is 0. The van der Waals surface area contributed by atoms with E-state index in [2.05, 4.69) is 25.5 Å². The molecule has 0 bridgehead atoms. The monoisotopic (exact) mass is 336 g/mol. The van der Waals surface area contributed by atoms with Crippen molar-refractivity contribution >= 4 is 17.7 Å². The third-order valence-electron chi connectivity index (χ3n) is 4.00. The smallest absolute Gasteiger partial charge is 0.427 e. The molecule has 2 rings (SSSR count). The molecule has 0 N–H and O–H groups in total. The number of methoxy groups -OCH3 is 1. The van der Waals surface area contributed by atoms with Crippen molar-refractivity contribution in [3.05, 3.63) is 21.3 Å². The van der Waals surface area contributed by atoms with E-state index in [1.54, 1.807) is 0 Å². The number of carbonyl (C=O) groups excluding carboxylic acids is 1. The summed E-state index contributed by atoms with van der Waals surface area (Å²) in [6.07, 6.45) is -2.65. The average Bonchev–Trinajstić information content (AvgIpc) is 2.77. The molecule has 3 nitrogen and oxygen atoms in total. The van der Waals surface area contributed by atoms with E-state index in [0.29, 0.717) is 24.5 Å². The van der Waals surface area contributed by atoms with Crippen LogP contribution in [0.2, 0.25) is 0 Å². The summed E-state index contributed by atoms with van der Waals surface area (Å²) in [7, 11) is 0.928. The Hall–Kier alpha value is -1.11. The molecule has 1 aliphatic carbocycles. The summed E-state index contributed by atoms with van der Waals surface area (Å²) in [5, 5.41) is -0.404. The zero-order valence-electron chi connectivity index (χ0n) is 13.0. The number of thioether (sulfide) groups is 1. The van der Waals surface area contributed by atoms with Crippen LogP contribution in [0.5, 0.6) is 0 Å². The fourth-order valence-corrected chi connectivity index (χ4v) is 3.80. The lowest BCUT2D eigenvalue weighted by atomic mass is 9.74. The third-order valence-corrected chi connectivity index (χ3v) is 5.11. The number of carbonyl (C=O) groups is 1. The van der Waals surface area contributed by atoms with E-state index in [1.807, 2.05) is 0 Å². The van der Waals surface area contributed by atoms with E-state index in [1.165, 1.54) is 0 Å². The van der Waals surface area contributed by atoms with Gasteiger partial charge in [0.05, 0.1) is 7.11 Å². The van der Waals surface area contributed by atoms with Crippen LogP contribution in [0.15, 0.2) is 21.3 Å². The van der Waals surface area contributed by atoms with Gasteiger partial charge in [-0.05, 0) is 24.2 Å². The number of allylic oxidation sites excluding steroid dienone is 2. The molecule has 22 heavy (non-hydrogen) atoms. The highest BCUT2D eigenvalue weighted by atomic mass is 32.2. The van der Waals surface area contributed by atoms with Crippen molar-refractivity contribution in [2.45, 2.75) is 46.2 Å². The molecular formula is C15H19F3O3S. The molecule has 0 radical (unpaired) electrons. The van der Waals surface area contributed by atoms with Crippen molar-refractivity contribution < 1.29 is 27.4 Å². The van der Waals surface area contributed by atoms with Crippen LogP contribution in [0.4, 0.5) is 13.2 Å². The lowest BCUT2D eigenvalue weighted by Gasteiger charge is -2.33. The van der Waals surface area contributed by atoms with Crippen molar-refractivity contribution in [3.63, 3.8) is 0 Å². The Morgan fingerprint density at radius 3 is 2.45 bits per heavy atom. The number of rotatable bonds is 1. The van der Waals surface area contributed by atoms with Gasteiger partial charge in [-0.3, -0.25) is 0 Å². The molecule has 0 amide bonds. The van der Waals surface area contributed by atoms with Crippen molar-refractivity contribution in [1.29, 1.82) is 0 Å². The van der Waals surface area contributed by atoms with Gasteiger partial charge in [-0.1, -0.05) is 32.5 Å². The van der Waals surface area contributed by atoms with Gasteiger partial charge in [0.1, 0.15) is 5.76 Å². The maximum absolute atomic E-state index is 13.1. The predicted octanol–water partition coefficient (Wildman–Crippen LogP) is 4.75. The fourth-order valence-electron chi connectivity index (χ4n) is 2.59. The van der Waals surface area contributed by atoms with Crippen LogP contribution in [0, 0.1) is 11.3 Å². The zero-order chi connectivity index (χ0) is 16.7. The molecule has 1 aliphatic heterocycles. The van der Waals surface area contributed by atoms with Crippen LogP contribution < -0.4 is 0 Å². The first-order chi connectivity index (χ1) is 10.0. The molecule has 1 unspecified atom stereocenters. The maximum atomic E-state index is 13.1. The summed E-state index contributed by atoms with van der Waals surface area (Å²) >= 11 is 0.909. The molecule has 0 spiro atoms. The maximum Gasteiger partial charge on any atom is 0.427 e. The Bertz CT molecular complexity index is 541. The molecule has 0 aromatic carbocycles. The summed E-state index contributed by atoms with van der Waals surface area (Å²) in [5.74, 6) is -0.470. The Morgan fingerprint density at radius 1 is 1.32 bits per heavy atom. The molecule has 1 atom stereocenters. The SMILES string of the molecule is COC(=O)C(=C1OC2=C(CC(C(C)(C)C)CC2)S1)C(F)(F)F. The zero-order valence-corrected chi connectivity index (χ0v) is 13.8. The standard InChI is InChI=1S/C15H19F3O3S/c1-14(2,3)8-5-6-9-10(7-8)22-13(21-9)11(12(19)20-4)15(16,17)18/h8H,5-7H2,1-4H3. The second kappa shape index (κ2) is 5.83. The highest BCUT2D eigenvalue weighted by Crippen LogP contribution is 2.52. The Kier molecular flexibility index (Phi) is 4.57. The van der Waals surface area contributed by atoms with E-state index >= 15 is 0 Å². The van der Waals surface area contributed by atoms with Gasteiger partial charge in [0.2, 0.25) is 0 Å². The summed E-state index contributed by atoms with van der Waals surface area (Å²) in [6, 6.07) is 0. The largest absolute Gasteiger partial charge is 0.465 e. The number of alkyl halides is 3. The van der Waals surface area contributed by atoms with Gasteiger partial charge in [0.15, 0.2) is 10.7 Å². The lowest BCUT2D eigenvalue weighted by molar-refractivity contribution is -0.148. The Labute approximate surface area is 131 Å². The minimum absolute atomic E-state index is 0.0841. The molecular weight excluding hydrogens is 317 g/mol. The summed E-state index contributed by atoms with van der Waals surface area (Å²) in [6.45, 7) is 6.36. The van der Waals surface area contributed by atoms with Gasteiger partial charge < -0.3 is 9.47 Å². The highest BCUT2D eigenvalue weighted by Gasteiger charge is 2.46. The summed E-state index contributed by atoms with van der Waals surface area (Å²) in [4.78, 5) is 12.3. The van der Waals surface area contributed by atoms with Gasteiger partial charge in [-0.25, -0.2) is 4.79 Å². The van der Waals surface area contributed by atoms with E-state index in [9.17, 15) is 18.0 Å². The molecule has 0 fully saturated rings. The lowest BCUT2D eigenvalue weighted by Crippen LogP contribution is -2.23. The predicted molar refractivity (Wildman–Crippen MR) is 77.6 cm³/mol. The Morgan fingerprint density at radius 2 is 1.95 bits per heavy atom. The van der Waals surface area contributed by atoms with Crippen molar-refractivity contribution in [3.8, 4) is 0 Å².